The summed E-state index contributed by atoms with van der Waals surface area (Å²) in [6.07, 6.45) is 1.81. The van der Waals surface area contributed by atoms with Gasteiger partial charge in [-0.2, -0.15) is 0 Å². The van der Waals surface area contributed by atoms with E-state index in [1.807, 2.05) is 17.0 Å². The molecule has 7 heteroatoms. The molecule has 1 heterocycles. The molecular weight excluding hydrogens is 372 g/mol. The molecule has 1 aromatic carbocycles. The topological polar surface area (TPSA) is 51.7 Å². The molecule has 0 aliphatic rings. The van der Waals surface area contributed by atoms with Gasteiger partial charge in [-0.3, -0.25) is 4.79 Å². The predicted octanol–water partition coefficient (Wildman–Crippen LogP) is 4.65. The second kappa shape index (κ2) is 10.5. The summed E-state index contributed by atoms with van der Waals surface area (Å²) < 4.78 is 10.9. The van der Waals surface area contributed by atoms with Crippen LogP contribution in [0.1, 0.15) is 42.2 Å². The Morgan fingerprint density at radius 3 is 2.58 bits per heavy atom. The van der Waals surface area contributed by atoms with E-state index in [-0.39, 0.29) is 11.9 Å². The highest BCUT2D eigenvalue weighted by Crippen LogP contribution is 2.20. The van der Waals surface area contributed by atoms with Crippen molar-refractivity contribution in [2.24, 2.45) is 0 Å². The standard InChI is InChI=1S/C19H25ClN2O3S/c1-4-15(5-2)22(10-11-24-3)19(23)17-13-26-18(21-17)12-25-16-8-6-14(20)7-9-16/h6-9,13,15H,4-5,10-12H2,1-3H3. The SMILES string of the molecule is CCC(CC)N(CCOC)C(=O)c1csc(COc2ccc(Cl)cc2)n1. The fraction of sp³-hybridized carbons (Fsp3) is 0.474. The number of aromatic nitrogens is 1. The molecule has 142 valence electrons. The van der Waals surface area contributed by atoms with E-state index >= 15 is 0 Å². The van der Waals surface area contributed by atoms with Gasteiger partial charge in [-0.15, -0.1) is 11.3 Å². The molecule has 0 radical (unpaired) electrons. The number of thiazole rings is 1. The van der Waals surface area contributed by atoms with E-state index in [9.17, 15) is 4.79 Å². The molecule has 0 fully saturated rings. The molecule has 0 bridgehead atoms. The predicted molar refractivity (Wildman–Crippen MR) is 105 cm³/mol. The maximum Gasteiger partial charge on any atom is 0.273 e. The van der Waals surface area contributed by atoms with Crippen LogP contribution in [-0.4, -0.2) is 42.1 Å². The largest absolute Gasteiger partial charge is 0.486 e. The number of carbonyl (C=O) groups excluding carboxylic acids is 1. The molecule has 2 rings (SSSR count). The number of rotatable bonds is 10. The van der Waals surface area contributed by atoms with Gasteiger partial charge in [0.25, 0.3) is 5.91 Å². The van der Waals surface area contributed by atoms with Gasteiger partial charge in [0.05, 0.1) is 6.61 Å². The second-order valence-electron chi connectivity index (χ2n) is 5.83. The molecule has 0 aliphatic carbocycles. The lowest BCUT2D eigenvalue weighted by atomic mass is 10.1. The van der Waals surface area contributed by atoms with Crippen molar-refractivity contribution in [3.63, 3.8) is 0 Å². The first-order valence-corrected chi connectivity index (χ1v) is 9.97. The number of halogens is 1. The van der Waals surface area contributed by atoms with Crippen LogP contribution in [0, 0.1) is 0 Å². The van der Waals surface area contributed by atoms with Gasteiger partial charge in [0.2, 0.25) is 0 Å². The van der Waals surface area contributed by atoms with Crippen LogP contribution in [0.5, 0.6) is 5.75 Å². The molecule has 0 aliphatic heterocycles. The molecule has 0 spiro atoms. The summed E-state index contributed by atoms with van der Waals surface area (Å²) in [4.78, 5) is 19.2. The lowest BCUT2D eigenvalue weighted by Crippen LogP contribution is -2.42. The number of amides is 1. The first-order valence-electron chi connectivity index (χ1n) is 8.71. The molecule has 1 aromatic heterocycles. The summed E-state index contributed by atoms with van der Waals surface area (Å²) in [7, 11) is 1.64. The van der Waals surface area contributed by atoms with Crippen molar-refractivity contribution in [1.82, 2.24) is 9.88 Å². The number of benzene rings is 1. The molecule has 0 saturated carbocycles. The Balaban J connectivity index is 2.03. The lowest BCUT2D eigenvalue weighted by Gasteiger charge is -2.29. The van der Waals surface area contributed by atoms with Crippen LogP contribution < -0.4 is 4.74 Å². The number of hydrogen-bond acceptors (Lipinski definition) is 5. The van der Waals surface area contributed by atoms with Gasteiger partial charge in [0.1, 0.15) is 23.1 Å². The van der Waals surface area contributed by atoms with Gasteiger partial charge < -0.3 is 14.4 Å². The zero-order chi connectivity index (χ0) is 18.9. The Morgan fingerprint density at radius 2 is 1.96 bits per heavy atom. The first-order chi connectivity index (χ1) is 12.6. The Kier molecular flexibility index (Phi) is 8.35. The van der Waals surface area contributed by atoms with Crippen LogP contribution >= 0.6 is 22.9 Å². The van der Waals surface area contributed by atoms with Crippen molar-refractivity contribution in [1.29, 1.82) is 0 Å². The summed E-state index contributed by atoms with van der Waals surface area (Å²) in [5, 5.41) is 3.22. The number of ether oxygens (including phenoxy) is 2. The van der Waals surface area contributed by atoms with E-state index < -0.39 is 0 Å². The molecule has 0 atom stereocenters. The molecule has 0 N–H and O–H groups in total. The smallest absolute Gasteiger partial charge is 0.273 e. The van der Waals surface area contributed by atoms with Crippen molar-refractivity contribution in [2.45, 2.75) is 39.3 Å². The van der Waals surface area contributed by atoms with Gasteiger partial charge in [-0.05, 0) is 37.1 Å². The third kappa shape index (κ3) is 5.69. The molecular formula is C19H25ClN2O3S. The second-order valence-corrected chi connectivity index (χ2v) is 7.21. The normalized spacial score (nSPS) is 11.0. The molecule has 26 heavy (non-hydrogen) atoms. The third-order valence-corrected chi connectivity index (χ3v) is 5.20. The molecule has 2 aromatic rings. The van der Waals surface area contributed by atoms with Crippen molar-refractivity contribution < 1.29 is 14.3 Å². The Labute approximate surface area is 163 Å². The van der Waals surface area contributed by atoms with Crippen LogP contribution in [-0.2, 0) is 11.3 Å². The molecule has 5 nitrogen and oxygen atoms in total. The summed E-state index contributed by atoms with van der Waals surface area (Å²) in [6.45, 7) is 5.58. The Morgan fingerprint density at radius 1 is 1.27 bits per heavy atom. The van der Waals surface area contributed by atoms with E-state index in [2.05, 4.69) is 18.8 Å². The number of hydrogen-bond donors (Lipinski definition) is 0. The summed E-state index contributed by atoms with van der Waals surface area (Å²) in [6, 6.07) is 7.35. The summed E-state index contributed by atoms with van der Waals surface area (Å²) in [5.74, 6) is 0.668. The molecule has 0 saturated heterocycles. The van der Waals surface area contributed by atoms with Gasteiger partial charge in [-0.25, -0.2) is 4.98 Å². The van der Waals surface area contributed by atoms with Crippen LogP contribution in [0.25, 0.3) is 0 Å². The monoisotopic (exact) mass is 396 g/mol. The van der Waals surface area contributed by atoms with Crippen LogP contribution in [0.3, 0.4) is 0 Å². The maximum absolute atomic E-state index is 12.9. The summed E-state index contributed by atoms with van der Waals surface area (Å²) in [5.41, 5.74) is 0.465. The van der Waals surface area contributed by atoms with Crippen LogP contribution in [0.4, 0.5) is 0 Å². The Bertz CT molecular complexity index is 686. The fourth-order valence-corrected chi connectivity index (χ4v) is 3.47. The van der Waals surface area contributed by atoms with Gasteiger partial charge in [0, 0.05) is 30.1 Å². The van der Waals surface area contributed by atoms with E-state index in [1.165, 1.54) is 11.3 Å². The maximum atomic E-state index is 12.9. The van der Waals surface area contributed by atoms with E-state index in [0.29, 0.717) is 30.5 Å². The average molecular weight is 397 g/mol. The average Bonchev–Trinajstić information content (AvgIpc) is 3.13. The van der Waals surface area contributed by atoms with E-state index in [1.54, 1.807) is 24.6 Å². The van der Waals surface area contributed by atoms with E-state index in [4.69, 9.17) is 21.1 Å². The summed E-state index contributed by atoms with van der Waals surface area (Å²) >= 11 is 7.29. The molecule has 0 unspecified atom stereocenters. The van der Waals surface area contributed by atoms with Crippen molar-refractivity contribution in [2.75, 3.05) is 20.3 Å². The Hall–Kier alpha value is -1.63. The number of methoxy groups -OCH3 is 1. The van der Waals surface area contributed by atoms with Gasteiger partial charge in [0.15, 0.2) is 0 Å². The number of nitrogens with zero attached hydrogens (tertiary/aromatic N) is 2. The van der Waals surface area contributed by atoms with Crippen LogP contribution in [0.15, 0.2) is 29.6 Å². The highest BCUT2D eigenvalue weighted by atomic mass is 35.5. The zero-order valence-corrected chi connectivity index (χ0v) is 17.0. The third-order valence-electron chi connectivity index (χ3n) is 4.13. The highest BCUT2D eigenvalue weighted by Gasteiger charge is 2.24. The van der Waals surface area contributed by atoms with Crippen molar-refractivity contribution in [3.05, 3.63) is 45.4 Å². The minimum Gasteiger partial charge on any atom is -0.486 e. The zero-order valence-electron chi connectivity index (χ0n) is 15.4. The minimum atomic E-state index is -0.0512. The fourth-order valence-electron chi connectivity index (χ4n) is 2.67. The molecule has 1 amide bonds. The van der Waals surface area contributed by atoms with Crippen molar-refractivity contribution >= 4 is 28.8 Å². The number of carbonyl (C=O) groups is 1. The van der Waals surface area contributed by atoms with E-state index in [0.717, 1.165) is 23.6 Å². The van der Waals surface area contributed by atoms with Crippen molar-refractivity contribution in [3.8, 4) is 5.75 Å². The highest BCUT2D eigenvalue weighted by molar-refractivity contribution is 7.09. The van der Waals surface area contributed by atoms with Gasteiger partial charge >= 0.3 is 0 Å². The van der Waals surface area contributed by atoms with Crippen LogP contribution in [0.2, 0.25) is 5.02 Å². The quantitative estimate of drug-likeness (QED) is 0.586. The van der Waals surface area contributed by atoms with Gasteiger partial charge in [-0.1, -0.05) is 25.4 Å². The lowest BCUT2D eigenvalue weighted by molar-refractivity contribution is 0.0584. The first kappa shape index (κ1) is 20.7. The minimum absolute atomic E-state index is 0.0512.